The molecule has 7 rings (SSSR count). The summed E-state index contributed by atoms with van der Waals surface area (Å²) in [6.45, 7) is 9.70. The fourth-order valence-corrected chi connectivity index (χ4v) is 10.0. The highest BCUT2D eigenvalue weighted by molar-refractivity contribution is 7.15. The molecular formula is C50H49N5O3S3. The van der Waals surface area contributed by atoms with Gasteiger partial charge in [-0.15, -0.1) is 34.0 Å². The minimum absolute atomic E-state index is 0.0768. The quantitative estimate of drug-likeness (QED) is 0.0672. The highest BCUT2D eigenvalue weighted by atomic mass is 32.1. The number of carbonyl (C=O) groups excluding carboxylic acids is 3. The molecule has 61 heavy (non-hydrogen) atoms. The first-order valence-corrected chi connectivity index (χ1v) is 23.2. The van der Waals surface area contributed by atoms with Crippen LogP contribution in [0.15, 0.2) is 150 Å². The van der Waals surface area contributed by atoms with Crippen molar-refractivity contribution in [3.8, 4) is 32.0 Å². The Morgan fingerprint density at radius 1 is 0.902 bits per heavy atom. The van der Waals surface area contributed by atoms with Crippen LogP contribution in [0.5, 0.6) is 0 Å². The molecule has 0 saturated carbocycles. The van der Waals surface area contributed by atoms with E-state index >= 15 is 0 Å². The van der Waals surface area contributed by atoms with Crippen molar-refractivity contribution in [2.45, 2.75) is 64.5 Å². The molecule has 1 aliphatic heterocycles. The molecule has 6 aromatic rings. The van der Waals surface area contributed by atoms with Crippen LogP contribution >= 0.6 is 34.0 Å². The molecule has 2 atom stereocenters. The number of hydrogen-bond acceptors (Lipinski definition) is 8. The van der Waals surface area contributed by atoms with Crippen molar-refractivity contribution in [3.63, 3.8) is 0 Å². The first-order chi connectivity index (χ1) is 29.8. The van der Waals surface area contributed by atoms with Crippen LogP contribution in [0.25, 0.3) is 32.0 Å². The van der Waals surface area contributed by atoms with Gasteiger partial charge in [-0.05, 0) is 71.0 Å². The van der Waals surface area contributed by atoms with E-state index in [1.807, 2.05) is 89.1 Å². The maximum atomic E-state index is 14.2. The van der Waals surface area contributed by atoms with Gasteiger partial charge in [0.25, 0.3) is 5.91 Å². The van der Waals surface area contributed by atoms with Crippen LogP contribution in [0.1, 0.15) is 83.2 Å². The van der Waals surface area contributed by atoms with Crippen molar-refractivity contribution < 1.29 is 14.4 Å². The molecule has 0 N–H and O–H groups in total. The number of thiophene rings is 1. The first kappa shape index (κ1) is 43.2. The summed E-state index contributed by atoms with van der Waals surface area (Å²) in [4.78, 5) is 60.6. The van der Waals surface area contributed by atoms with E-state index in [1.165, 1.54) is 17.6 Å². The number of aromatic nitrogens is 2. The van der Waals surface area contributed by atoms with Gasteiger partial charge in [0.15, 0.2) is 0 Å². The fraction of sp³-hybridized carbons (Fsp3) is 0.240. The van der Waals surface area contributed by atoms with Gasteiger partial charge in [-0.3, -0.25) is 14.4 Å². The van der Waals surface area contributed by atoms with Crippen molar-refractivity contribution >= 4 is 57.9 Å². The maximum absolute atomic E-state index is 14.2. The number of likely N-dealkylation sites (tertiary alicyclic amines) is 1. The number of hydrogen-bond donors (Lipinski definition) is 0. The molecule has 3 aromatic carbocycles. The highest BCUT2D eigenvalue weighted by Crippen LogP contribution is 2.39. The van der Waals surface area contributed by atoms with E-state index in [0.29, 0.717) is 30.9 Å². The van der Waals surface area contributed by atoms with Gasteiger partial charge in [-0.25, -0.2) is 15.0 Å². The second-order valence-electron chi connectivity index (χ2n) is 14.8. The minimum atomic E-state index is -0.679. The Labute approximate surface area is 370 Å². The zero-order valence-electron chi connectivity index (χ0n) is 34.5. The van der Waals surface area contributed by atoms with Crippen molar-refractivity contribution in [1.82, 2.24) is 19.8 Å². The Balaban J connectivity index is 1.00. The number of unbranched alkanes of at least 4 members (excludes halogenated alkanes) is 1. The van der Waals surface area contributed by atoms with E-state index in [9.17, 15) is 14.4 Å². The molecule has 0 radical (unpaired) electrons. The summed E-state index contributed by atoms with van der Waals surface area (Å²) in [7, 11) is 0. The lowest BCUT2D eigenvalue weighted by Crippen LogP contribution is -2.35. The topological polar surface area (TPSA) is 95.8 Å². The monoisotopic (exact) mass is 863 g/mol. The second-order valence-corrected chi connectivity index (χ2v) is 17.9. The predicted octanol–water partition coefficient (Wildman–Crippen LogP) is 12.2. The SMILES string of the molecule is C=C/C=C(\C=C/C)CC(=O)N(CCCC)Cc1ncc(-c2ccc(-c3ccc(-c4cnc([C@@H]5CCCN5C(=O)C(C=NC(=O)c5cccs5)c5ccccc5)s4)cc3)cc2)s1. The Kier molecular flexibility index (Phi) is 14.9. The zero-order chi connectivity index (χ0) is 42.6. The highest BCUT2D eigenvalue weighted by Gasteiger charge is 2.36. The Bertz CT molecular complexity index is 2500. The maximum Gasteiger partial charge on any atom is 0.286 e. The molecular weight excluding hydrogens is 815 g/mol. The van der Waals surface area contributed by atoms with Crippen LogP contribution in [0.2, 0.25) is 0 Å². The van der Waals surface area contributed by atoms with E-state index in [1.54, 1.807) is 34.8 Å². The summed E-state index contributed by atoms with van der Waals surface area (Å²) in [6.07, 6.45) is 16.8. The number of allylic oxidation sites excluding steroid dienone is 4. The minimum Gasteiger partial charge on any atom is -0.336 e. The summed E-state index contributed by atoms with van der Waals surface area (Å²) >= 11 is 4.58. The summed E-state index contributed by atoms with van der Waals surface area (Å²) in [5.41, 5.74) is 6.12. The van der Waals surface area contributed by atoms with Gasteiger partial charge < -0.3 is 9.80 Å². The third kappa shape index (κ3) is 10.9. The lowest BCUT2D eigenvalue weighted by Gasteiger charge is -2.26. The average Bonchev–Trinajstić information content (AvgIpc) is 4.14. The Morgan fingerprint density at radius 3 is 2.25 bits per heavy atom. The molecule has 1 unspecified atom stereocenters. The van der Waals surface area contributed by atoms with E-state index in [4.69, 9.17) is 9.97 Å². The average molecular weight is 864 g/mol. The molecule has 1 fully saturated rings. The number of amides is 3. The van der Waals surface area contributed by atoms with Crippen molar-refractivity contribution in [3.05, 3.63) is 166 Å². The largest absolute Gasteiger partial charge is 0.336 e. The Hall–Kier alpha value is -5.88. The number of carbonyl (C=O) groups is 3. The van der Waals surface area contributed by atoms with Crippen molar-refractivity contribution in [2.24, 2.45) is 4.99 Å². The lowest BCUT2D eigenvalue weighted by molar-refractivity contribution is -0.132. The van der Waals surface area contributed by atoms with E-state index < -0.39 is 5.92 Å². The van der Waals surface area contributed by atoms with Gasteiger partial charge in [-0.2, -0.15) is 0 Å². The summed E-state index contributed by atoms with van der Waals surface area (Å²) in [6, 6.07) is 30.0. The second kappa shape index (κ2) is 21.1. The normalized spacial score (nSPS) is 14.8. The van der Waals surface area contributed by atoms with Crippen molar-refractivity contribution in [2.75, 3.05) is 13.1 Å². The molecule has 11 heteroatoms. The molecule has 3 aromatic heterocycles. The number of thiazole rings is 2. The first-order valence-electron chi connectivity index (χ1n) is 20.7. The van der Waals surface area contributed by atoms with E-state index in [2.05, 4.69) is 67.0 Å². The van der Waals surface area contributed by atoms with Crippen LogP contribution in [-0.2, 0) is 16.1 Å². The predicted molar refractivity (Wildman–Crippen MR) is 252 cm³/mol. The number of aliphatic imine (C=N–C) groups is 1. The molecule has 4 heterocycles. The molecule has 1 saturated heterocycles. The fourth-order valence-electron chi connectivity index (χ4n) is 7.40. The number of rotatable bonds is 17. The van der Waals surface area contributed by atoms with Gasteiger partial charge >= 0.3 is 0 Å². The van der Waals surface area contributed by atoms with Gasteiger partial charge in [0, 0.05) is 31.7 Å². The summed E-state index contributed by atoms with van der Waals surface area (Å²) in [5.74, 6) is -1.01. The summed E-state index contributed by atoms with van der Waals surface area (Å²) in [5, 5.41) is 3.67. The van der Waals surface area contributed by atoms with Crippen molar-refractivity contribution in [1.29, 1.82) is 0 Å². The van der Waals surface area contributed by atoms with Gasteiger partial charge in [-0.1, -0.05) is 129 Å². The van der Waals surface area contributed by atoms with Gasteiger partial charge in [0.05, 0.1) is 39.6 Å². The third-order valence-corrected chi connectivity index (χ3v) is 13.6. The van der Waals surface area contributed by atoms with Crippen LogP contribution in [0.3, 0.4) is 0 Å². The van der Waals surface area contributed by atoms with Crippen LogP contribution in [-0.4, -0.2) is 56.8 Å². The van der Waals surface area contributed by atoms with Crippen LogP contribution in [0, 0.1) is 0 Å². The van der Waals surface area contributed by atoms with Crippen LogP contribution in [0.4, 0.5) is 0 Å². The summed E-state index contributed by atoms with van der Waals surface area (Å²) < 4.78 is 0. The Morgan fingerprint density at radius 2 is 1.59 bits per heavy atom. The molecule has 3 amide bonds. The molecule has 0 aliphatic carbocycles. The number of benzene rings is 3. The standard InChI is InChI=1S/C50H49N5O3S3/c1-4-7-27-54(47(56)30-35(13-5-2)14-6-3)34-46-51-32-44(60-46)39-23-19-36(20-24-39)37-21-25-40(26-22-37)45-33-53-49(61-45)42-17-11-28-55(42)50(58)41(38-15-9-8-10-16-38)31-52-48(57)43-18-12-29-59-43/h5-6,8-10,12-16,18-26,29,31-33,41-42H,2,4,7,11,17,27-28,30,34H2,1,3H3/b14-6-,35-13+,52-31?/t41?,42-/m0/s1. The zero-order valence-corrected chi connectivity index (χ0v) is 36.9. The number of nitrogens with zero attached hydrogens (tertiary/aromatic N) is 5. The third-order valence-electron chi connectivity index (χ3n) is 10.6. The molecule has 0 bridgehead atoms. The van der Waals surface area contributed by atoms with E-state index in [0.717, 1.165) is 78.8 Å². The smallest absolute Gasteiger partial charge is 0.286 e. The molecule has 1 aliphatic rings. The molecule has 310 valence electrons. The van der Waals surface area contributed by atoms with E-state index in [-0.39, 0.29) is 23.8 Å². The van der Waals surface area contributed by atoms with Gasteiger partial charge in [0.2, 0.25) is 11.8 Å². The van der Waals surface area contributed by atoms with Gasteiger partial charge in [0.1, 0.15) is 10.0 Å². The lowest BCUT2D eigenvalue weighted by atomic mass is 9.98. The molecule has 0 spiro atoms. The van der Waals surface area contributed by atoms with Crippen LogP contribution < -0.4 is 0 Å². The molecule has 8 nitrogen and oxygen atoms in total.